The molecule has 106 valence electrons. The molecule has 1 aliphatic carbocycles. The Bertz CT molecular complexity index is 232. The van der Waals surface area contributed by atoms with E-state index in [-0.39, 0.29) is 5.60 Å². The van der Waals surface area contributed by atoms with E-state index in [2.05, 4.69) is 17.1 Å². The second-order valence-electron chi connectivity index (χ2n) is 5.76. The van der Waals surface area contributed by atoms with E-state index in [1.807, 2.05) is 7.11 Å². The van der Waals surface area contributed by atoms with Gasteiger partial charge in [0.05, 0.1) is 18.8 Å². The van der Waals surface area contributed by atoms with Gasteiger partial charge in [0.2, 0.25) is 0 Å². The van der Waals surface area contributed by atoms with Crippen molar-refractivity contribution in [3.63, 3.8) is 0 Å². The fourth-order valence-corrected chi connectivity index (χ4v) is 2.91. The molecule has 2 rings (SSSR count). The van der Waals surface area contributed by atoms with E-state index >= 15 is 0 Å². The van der Waals surface area contributed by atoms with Crippen molar-refractivity contribution < 1.29 is 9.47 Å². The van der Waals surface area contributed by atoms with Gasteiger partial charge in [-0.05, 0) is 39.2 Å². The summed E-state index contributed by atoms with van der Waals surface area (Å²) in [5, 5.41) is 3.63. The zero-order valence-electron chi connectivity index (χ0n) is 11.9. The number of nitrogens with one attached hydrogen (secondary N) is 1. The standard InChI is InChI=1S/C14H28N2O2/c1-13(12-16-8-10-18-11-9-16)15-7-6-14(17-2)4-3-5-14/h13,15H,3-12H2,1-2H3. The maximum Gasteiger partial charge on any atom is 0.0690 e. The molecule has 1 atom stereocenters. The molecular weight excluding hydrogens is 228 g/mol. The summed E-state index contributed by atoms with van der Waals surface area (Å²) < 4.78 is 11.0. The third kappa shape index (κ3) is 3.92. The van der Waals surface area contributed by atoms with Crippen LogP contribution in [-0.4, -0.2) is 63.0 Å². The Hall–Kier alpha value is -0.160. The van der Waals surface area contributed by atoms with E-state index in [4.69, 9.17) is 9.47 Å². The van der Waals surface area contributed by atoms with Crippen LogP contribution in [0.4, 0.5) is 0 Å². The summed E-state index contributed by atoms with van der Waals surface area (Å²) >= 11 is 0. The topological polar surface area (TPSA) is 33.7 Å². The first-order chi connectivity index (χ1) is 8.74. The van der Waals surface area contributed by atoms with Crippen molar-refractivity contribution in [1.82, 2.24) is 10.2 Å². The van der Waals surface area contributed by atoms with Crippen molar-refractivity contribution in [3.8, 4) is 0 Å². The molecule has 1 N–H and O–H groups in total. The molecule has 1 saturated heterocycles. The van der Waals surface area contributed by atoms with Gasteiger partial charge in [0.1, 0.15) is 0 Å². The molecule has 0 radical (unpaired) electrons. The first kappa shape index (κ1) is 14.3. The van der Waals surface area contributed by atoms with Gasteiger partial charge in [-0.25, -0.2) is 0 Å². The van der Waals surface area contributed by atoms with Gasteiger partial charge < -0.3 is 14.8 Å². The quantitative estimate of drug-likeness (QED) is 0.743. The largest absolute Gasteiger partial charge is 0.379 e. The van der Waals surface area contributed by atoms with E-state index in [9.17, 15) is 0 Å². The fraction of sp³-hybridized carbons (Fsp3) is 1.00. The second-order valence-corrected chi connectivity index (χ2v) is 5.76. The predicted octanol–water partition coefficient (Wildman–Crippen LogP) is 1.26. The molecular formula is C14H28N2O2. The van der Waals surface area contributed by atoms with Crippen LogP contribution in [0.3, 0.4) is 0 Å². The molecule has 0 aromatic rings. The maximum absolute atomic E-state index is 5.64. The minimum absolute atomic E-state index is 0.200. The lowest BCUT2D eigenvalue weighted by Crippen LogP contribution is -2.47. The molecule has 0 aromatic carbocycles. The van der Waals surface area contributed by atoms with Crippen molar-refractivity contribution in [2.45, 2.75) is 44.2 Å². The Balaban J connectivity index is 1.57. The number of nitrogens with zero attached hydrogens (tertiary/aromatic N) is 1. The Kier molecular flexibility index (Phi) is 5.42. The first-order valence-electron chi connectivity index (χ1n) is 7.33. The number of hydrogen-bond acceptors (Lipinski definition) is 4. The van der Waals surface area contributed by atoms with Crippen molar-refractivity contribution in [2.24, 2.45) is 0 Å². The third-order valence-electron chi connectivity index (χ3n) is 4.41. The van der Waals surface area contributed by atoms with Crippen molar-refractivity contribution in [2.75, 3.05) is 46.5 Å². The number of ether oxygens (including phenoxy) is 2. The lowest BCUT2D eigenvalue weighted by atomic mass is 9.77. The van der Waals surface area contributed by atoms with Crippen LogP contribution >= 0.6 is 0 Å². The zero-order chi connectivity index (χ0) is 12.8. The summed E-state index contributed by atoms with van der Waals surface area (Å²) in [5.74, 6) is 0. The van der Waals surface area contributed by atoms with Gasteiger partial charge in [0.25, 0.3) is 0 Å². The molecule has 1 aliphatic heterocycles. The van der Waals surface area contributed by atoms with Crippen molar-refractivity contribution in [3.05, 3.63) is 0 Å². The normalized spacial score (nSPS) is 25.7. The monoisotopic (exact) mass is 256 g/mol. The minimum atomic E-state index is 0.200. The van der Waals surface area contributed by atoms with Gasteiger partial charge in [-0.1, -0.05) is 0 Å². The van der Waals surface area contributed by atoms with E-state index in [1.165, 1.54) is 19.3 Å². The Morgan fingerprint density at radius 3 is 2.61 bits per heavy atom. The Morgan fingerprint density at radius 2 is 2.06 bits per heavy atom. The number of methoxy groups -OCH3 is 1. The van der Waals surface area contributed by atoms with Crippen molar-refractivity contribution >= 4 is 0 Å². The maximum atomic E-state index is 5.64. The van der Waals surface area contributed by atoms with Crippen LogP contribution in [0.15, 0.2) is 0 Å². The lowest BCUT2D eigenvalue weighted by Gasteiger charge is -2.41. The van der Waals surface area contributed by atoms with Crippen molar-refractivity contribution in [1.29, 1.82) is 0 Å². The molecule has 4 nitrogen and oxygen atoms in total. The average molecular weight is 256 g/mol. The fourth-order valence-electron chi connectivity index (χ4n) is 2.91. The molecule has 0 aromatic heterocycles. The van der Waals surface area contributed by atoms with Crippen LogP contribution in [0.2, 0.25) is 0 Å². The minimum Gasteiger partial charge on any atom is -0.379 e. The number of morpholine rings is 1. The van der Waals surface area contributed by atoms with E-state index in [0.717, 1.165) is 45.8 Å². The highest BCUT2D eigenvalue weighted by molar-refractivity contribution is 4.90. The Labute approximate surface area is 111 Å². The van der Waals surface area contributed by atoms with E-state index < -0.39 is 0 Å². The van der Waals surface area contributed by atoms with Gasteiger partial charge >= 0.3 is 0 Å². The van der Waals surface area contributed by atoms with Gasteiger partial charge in [0, 0.05) is 32.8 Å². The van der Waals surface area contributed by atoms with Crippen LogP contribution in [-0.2, 0) is 9.47 Å². The summed E-state index contributed by atoms with van der Waals surface area (Å²) in [6, 6.07) is 0.553. The molecule has 1 heterocycles. The molecule has 18 heavy (non-hydrogen) atoms. The first-order valence-corrected chi connectivity index (χ1v) is 7.33. The molecule has 2 aliphatic rings. The molecule has 1 unspecified atom stereocenters. The highest BCUT2D eigenvalue weighted by Gasteiger charge is 2.36. The molecule has 0 bridgehead atoms. The van der Waals surface area contributed by atoms with Crippen LogP contribution < -0.4 is 5.32 Å². The van der Waals surface area contributed by atoms with Crippen LogP contribution in [0.5, 0.6) is 0 Å². The highest BCUT2D eigenvalue weighted by Crippen LogP contribution is 2.37. The van der Waals surface area contributed by atoms with Gasteiger partial charge in [-0.15, -0.1) is 0 Å². The molecule has 0 spiro atoms. The lowest BCUT2D eigenvalue weighted by molar-refractivity contribution is -0.0771. The number of hydrogen-bond donors (Lipinski definition) is 1. The smallest absolute Gasteiger partial charge is 0.0690 e. The summed E-state index contributed by atoms with van der Waals surface area (Å²) in [6.45, 7) is 8.40. The summed E-state index contributed by atoms with van der Waals surface area (Å²) in [7, 11) is 1.86. The van der Waals surface area contributed by atoms with Crippen LogP contribution in [0.1, 0.15) is 32.6 Å². The van der Waals surface area contributed by atoms with E-state index in [0.29, 0.717) is 6.04 Å². The summed E-state index contributed by atoms with van der Waals surface area (Å²) in [5.41, 5.74) is 0.200. The molecule has 2 fully saturated rings. The zero-order valence-corrected chi connectivity index (χ0v) is 11.9. The van der Waals surface area contributed by atoms with Crippen LogP contribution in [0, 0.1) is 0 Å². The summed E-state index contributed by atoms with van der Waals surface area (Å²) in [4.78, 5) is 2.48. The molecule has 0 amide bonds. The molecule has 1 saturated carbocycles. The predicted molar refractivity (Wildman–Crippen MR) is 72.9 cm³/mol. The van der Waals surface area contributed by atoms with Gasteiger partial charge in [0.15, 0.2) is 0 Å². The second kappa shape index (κ2) is 6.85. The van der Waals surface area contributed by atoms with Gasteiger partial charge in [-0.2, -0.15) is 0 Å². The van der Waals surface area contributed by atoms with Gasteiger partial charge in [-0.3, -0.25) is 4.90 Å². The number of rotatable bonds is 7. The third-order valence-corrected chi connectivity index (χ3v) is 4.41. The highest BCUT2D eigenvalue weighted by atomic mass is 16.5. The average Bonchev–Trinajstić information content (AvgIpc) is 2.34. The SMILES string of the molecule is COC1(CCNC(C)CN2CCOCC2)CCC1. The summed E-state index contributed by atoms with van der Waals surface area (Å²) in [6.07, 6.45) is 4.96. The Morgan fingerprint density at radius 1 is 1.33 bits per heavy atom. The van der Waals surface area contributed by atoms with E-state index in [1.54, 1.807) is 0 Å². The molecule has 4 heteroatoms. The van der Waals surface area contributed by atoms with Crippen LogP contribution in [0.25, 0.3) is 0 Å².